The van der Waals surface area contributed by atoms with Crippen LogP contribution in [0.1, 0.15) is 17.3 Å². The number of carbonyl (C=O) groups is 2. The van der Waals surface area contributed by atoms with E-state index in [0.29, 0.717) is 17.0 Å². The summed E-state index contributed by atoms with van der Waals surface area (Å²) < 4.78 is 10.0. The molecule has 0 aromatic heterocycles. The molecule has 1 aliphatic rings. The van der Waals surface area contributed by atoms with Crippen molar-refractivity contribution in [3.05, 3.63) is 23.8 Å². The van der Waals surface area contributed by atoms with Crippen molar-refractivity contribution in [2.45, 2.75) is 13.0 Å². The Balaban J connectivity index is 2.48. The van der Waals surface area contributed by atoms with Crippen molar-refractivity contribution in [1.82, 2.24) is 0 Å². The Hall–Kier alpha value is -2.04. The van der Waals surface area contributed by atoms with Crippen molar-refractivity contribution >= 4 is 17.6 Å². The van der Waals surface area contributed by atoms with Crippen molar-refractivity contribution in [2.75, 3.05) is 12.4 Å². The molecule has 1 atom stereocenters. The van der Waals surface area contributed by atoms with Gasteiger partial charge < -0.3 is 14.8 Å². The van der Waals surface area contributed by atoms with Gasteiger partial charge in [-0.15, -0.1) is 0 Å². The summed E-state index contributed by atoms with van der Waals surface area (Å²) in [5.74, 6) is -0.351. The molecule has 0 radical (unpaired) electrons. The standard InChI is InChI=1S/C11H11NO4/c1-6-10(13)12-8-5-3-4-7(9(8)16-6)11(14)15-2/h3-6H,1-2H3,(H,12,13)/t6-/m0/s1. The maximum atomic E-state index is 11.5. The fourth-order valence-corrected chi connectivity index (χ4v) is 1.50. The lowest BCUT2D eigenvalue weighted by Gasteiger charge is -2.24. The van der Waals surface area contributed by atoms with E-state index < -0.39 is 12.1 Å². The summed E-state index contributed by atoms with van der Waals surface area (Å²) in [6.45, 7) is 1.62. The molecule has 1 aromatic carbocycles. The summed E-state index contributed by atoms with van der Waals surface area (Å²) in [6.07, 6.45) is -0.613. The summed E-state index contributed by atoms with van der Waals surface area (Å²) >= 11 is 0. The molecule has 0 bridgehead atoms. The van der Waals surface area contributed by atoms with E-state index in [2.05, 4.69) is 10.1 Å². The summed E-state index contributed by atoms with van der Waals surface area (Å²) in [4.78, 5) is 22.8. The molecular weight excluding hydrogens is 210 g/mol. The van der Waals surface area contributed by atoms with E-state index in [9.17, 15) is 9.59 Å². The Morgan fingerprint density at radius 1 is 1.50 bits per heavy atom. The van der Waals surface area contributed by atoms with Crippen LogP contribution in [0.4, 0.5) is 5.69 Å². The van der Waals surface area contributed by atoms with Crippen LogP contribution in [-0.4, -0.2) is 25.1 Å². The highest BCUT2D eigenvalue weighted by atomic mass is 16.5. The van der Waals surface area contributed by atoms with E-state index in [1.165, 1.54) is 7.11 Å². The summed E-state index contributed by atoms with van der Waals surface area (Å²) in [5.41, 5.74) is 0.804. The zero-order valence-corrected chi connectivity index (χ0v) is 8.94. The van der Waals surface area contributed by atoms with Gasteiger partial charge in [0, 0.05) is 0 Å². The summed E-state index contributed by atoms with van der Waals surface area (Å²) in [5, 5.41) is 2.66. The fraction of sp³-hybridized carbons (Fsp3) is 0.273. The third-order valence-corrected chi connectivity index (χ3v) is 2.34. The Labute approximate surface area is 92.4 Å². The predicted octanol–water partition coefficient (Wildman–Crippen LogP) is 1.19. The number of anilines is 1. The number of ether oxygens (including phenoxy) is 2. The van der Waals surface area contributed by atoms with Crippen LogP contribution < -0.4 is 10.1 Å². The number of methoxy groups -OCH3 is 1. The molecule has 1 aliphatic heterocycles. The van der Waals surface area contributed by atoms with Gasteiger partial charge in [0.25, 0.3) is 5.91 Å². The molecule has 0 aliphatic carbocycles. The van der Waals surface area contributed by atoms with Crippen molar-refractivity contribution < 1.29 is 19.1 Å². The van der Waals surface area contributed by atoms with Crippen LogP contribution in [0.2, 0.25) is 0 Å². The SMILES string of the molecule is COC(=O)c1cccc2c1O[C@@H](C)C(=O)N2. The minimum absolute atomic E-state index is 0.227. The Morgan fingerprint density at radius 3 is 2.94 bits per heavy atom. The second kappa shape index (κ2) is 3.84. The zero-order valence-electron chi connectivity index (χ0n) is 8.94. The molecule has 0 unspecified atom stereocenters. The minimum Gasteiger partial charge on any atom is -0.478 e. The molecule has 5 heteroatoms. The molecule has 0 saturated heterocycles. The number of esters is 1. The highest BCUT2D eigenvalue weighted by molar-refractivity contribution is 6.02. The van der Waals surface area contributed by atoms with Crippen LogP contribution in [0.15, 0.2) is 18.2 Å². The Kier molecular flexibility index (Phi) is 2.52. The van der Waals surface area contributed by atoms with E-state index in [1.54, 1.807) is 25.1 Å². The molecule has 1 heterocycles. The first-order chi connectivity index (χ1) is 7.63. The molecule has 1 amide bonds. The number of amides is 1. The average Bonchev–Trinajstić information content (AvgIpc) is 2.29. The first-order valence-corrected chi connectivity index (χ1v) is 4.82. The molecule has 0 saturated carbocycles. The monoisotopic (exact) mass is 221 g/mol. The molecule has 84 valence electrons. The number of rotatable bonds is 1. The third kappa shape index (κ3) is 1.60. The van der Waals surface area contributed by atoms with Gasteiger partial charge in [0.15, 0.2) is 11.9 Å². The number of hydrogen-bond donors (Lipinski definition) is 1. The van der Waals surface area contributed by atoms with E-state index in [0.717, 1.165) is 0 Å². The smallest absolute Gasteiger partial charge is 0.341 e. The topological polar surface area (TPSA) is 64.6 Å². The van der Waals surface area contributed by atoms with Crippen molar-refractivity contribution in [2.24, 2.45) is 0 Å². The first-order valence-electron chi connectivity index (χ1n) is 4.82. The Morgan fingerprint density at radius 2 is 2.25 bits per heavy atom. The van der Waals surface area contributed by atoms with Crippen LogP contribution in [0.5, 0.6) is 5.75 Å². The van der Waals surface area contributed by atoms with Crippen molar-refractivity contribution in [1.29, 1.82) is 0 Å². The van der Waals surface area contributed by atoms with E-state index in [1.807, 2.05) is 0 Å². The number of para-hydroxylation sites is 1. The van der Waals surface area contributed by atoms with Gasteiger partial charge in [-0.1, -0.05) is 6.07 Å². The highest BCUT2D eigenvalue weighted by Crippen LogP contribution is 2.33. The van der Waals surface area contributed by atoms with E-state index in [-0.39, 0.29) is 5.91 Å². The molecule has 1 N–H and O–H groups in total. The second-order valence-corrected chi connectivity index (χ2v) is 3.42. The third-order valence-electron chi connectivity index (χ3n) is 2.34. The average molecular weight is 221 g/mol. The molecule has 2 rings (SSSR count). The van der Waals surface area contributed by atoms with Crippen LogP contribution in [0.25, 0.3) is 0 Å². The maximum Gasteiger partial charge on any atom is 0.341 e. The van der Waals surface area contributed by atoms with Crippen LogP contribution >= 0.6 is 0 Å². The second-order valence-electron chi connectivity index (χ2n) is 3.42. The van der Waals surface area contributed by atoms with Gasteiger partial charge in [0.05, 0.1) is 12.8 Å². The maximum absolute atomic E-state index is 11.5. The number of carbonyl (C=O) groups excluding carboxylic acids is 2. The van der Waals surface area contributed by atoms with Gasteiger partial charge in [-0.3, -0.25) is 4.79 Å². The van der Waals surface area contributed by atoms with Gasteiger partial charge in [0.2, 0.25) is 0 Å². The van der Waals surface area contributed by atoms with Crippen LogP contribution in [0, 0.1) is 0 Å². The van der Waals surface area contributed by atoms with Crippen molar-refractivity contribution in [3.63, 3.8) is 0 Å². The first kappa shape index (κ1) is 10.5. The molecule has 1 aromatic rings. The van der Waals surface area contributed by atoms with E-state index in [4.69, 9.17) is 4.74 Å². The number of nitrogens with one attached hydrogen (secondary N) is 1. The molecular formula is C11H11NO4. The fourth-order valence-electron chi connectivity index (χ4n) is 1.50. The normalized spacial score (nSPS) is 18.1. The molecule has 0 spiro atoms. The van der Waals surface area contributed by atoms with Gasteiger partial charge >= 0.3 is 5.97 Å². The highest BCUT2D eigenvalue weighted by Gasteiger charge is 2.27. The Bertz CT molecular complexity index is 455. The number of fused-ring (bicyclic) bond motifs is 1. The van der Waals surface area contributed by atoms with E-state index >= 15 is 0 Å². The van der Waals surface area contributed by atoms with Crippen LogP contribution in [0.3, 0.4) is 0 Å². The van der Waals surface area contributed by atoms with Gasteiger partial charge in [0.1, 0.15) is 5.56 Å². The molecule has 0 fully saturated rings. The van der Waals surface area contributed by atoms with Gasteiger partial charge in [-0.25, -0.2) is 4.79 Å². The quantitative estimate of drug-likeness (QED) is 0.723. The lowest BCUT2D eigenvalue weighted by Crippen LogP contribution is -2.35. The van der Waals surface area contributed by atoms with Gasteiger partial charge in [-0.05, 0) is 19.1 Å². The van der Waals surface area contributed by atoms with Crippen LogP contribution in [-0.2, 0) is 9.53 Å². The van der Waals surface area contributed by atoms with Gasteiger partial charge in [-0.2, -0.15) is 0 Å². The number of benzene rings is 1. The number of hydrogen-bond acceptors (Lipinski definition) is 4. The zero-order chi connectivity index (χ0) is 11.7. The largest absolute Gasteiger partial charge is 0.478 e. The van der Waals surface area contributed by atoms with Crippen molar-refractivity contribution in [3.8, 4) is 5.75 Å². The lowest BCUT2D eigenvalue weighted by atomic mass is 10.1. The summed E-state index contributed by atoms with van der Waals surface area (Å²) in [6, 6.07) is 4.92. The summed E-state index contributed by atoms with van der Waals surface area (Å²) in [7, 11) is 1.30. The minimum atomic E-state index is -0.613. The molecule has 16 heavy (non-hydrogen) atoms. The predicted molar refractivity (Wildman–Crippen MR) is 56.5 cm³/mol. The molecule has 5 nitrogen and oxygen atoms in total. The lowest BCUT2D eigenvalue weighted by molar-refractivity contribution is -0.122.